The molecule has 1 aromatic heterocycles. The molecule has 0 aliphatic carbocycles. The Kier molecular flexibility index (Phi) is 3.74. The van der Waals surface area contributed by atoms with Gasteiger partial charge in [0.25, 0.3) is 0 Å². The van der Waals surface area contributed by atoms with Gasteiger partial charge >= 0.3 is 0 Å². The van der Waals surface area contributed by atoms with Gasteiger partial charge in [-0.15, -0.1) is 0 Å². The molecule has 1 heterocycles. The van der Waals surface area contributed by atoms with Gasteiger partial charge in [-0.2, -0.15) is 0 Å². The maximum absolute atomic E-state index is 11.3. The summed E-state index contributed by atoms with van der Waals surface area (Å²) in [5, 5.41) is 2.84. The average Bonchev–Trinajstić information content (AvgIpc) is 2.47. The van der Waals surface area contributed by atoms with E-state index >= 15 is 0 Å². The van der Waals surface area contributed by atoms with Gasteiger partial charge < -0.3 is 9.73 Å². The van der Waals surface area contributed by atoms with Gasteiger partial charge in [-0.05, 0) is 32.9 Å². The van der Waals surface area contributed by atoms with Gasteiger partial charge in [0.1, 0.15) is 11.5 Å². The van der Waals surface area contributed by atoms with Crippen LogP contribution in [0.15, 0.2) is 16.5 Å². The molecule has 0 saturated carbocycles. The lowest BCUT2D eigenvalue weighted by molar-refractivity contribution is -0.121. The summed E-state index contributed by atoms with van der Waals surface area (Å²) in [6.45, 7) is 5.81. The number of aryl methyl sites for hydroxylation is 2. The molecule has 0 bridgehead atoms. The van der Waals surface area contributed by atoms with Gasteiger partial charge in [0, 0.05) is 18.9 Å². The first-order valence-corrected chi connectivity index (χ1v) is 4.92. The van der Waals surface area contributed by atoms with Crippen molar-refractivity contribution >= 4 is 5.91 Å². The Labute approximate surface area is 84.5 Å². The lowest BCUT2D eigenvalue weighted by Crippen LogP contribution is -2.30. The maximum Gasteiger partial charge on any atom is 0.220 e. The van der Waals surface area contributed by atoms with E-state index in [1.165, 1.54) is 0 Å². The number of carbonyl (C=O) groups is 1. The van der Waals surface area contributed by atoms with Crippen LogP contribution >= 0.6 is 0 Å². The van der Waals surface area contributed by atoms with Crippen molar-refractivity contribution in [2.75, 3.05) is 0 Å². The summed E-state index contributed by atoms with van der Waals surface area (Å²) in [6, 6.07) is 4.04. The molecule has 0 aromatic carbocycles. The normalized spacial score (nSPS) is 10.6. The third-order valence-corrected chi connectivity index (χ3v) is 1.84. The highest BCUT2D eigenvalue weighted by molar-refractivity contribution is 5.76. The maximum atomic E-state index is 11.3. The minimum atomic E-state index is 0.0778. The topological polar surface area (TPSA) is 42.2 Å². The van der Waals surface area contributed by atoms with E-state index in [1.54, 1.807) is 0 Å². The molecule has 0 unspecified atom stereocenters. The highest BCUT2D eigenvalue weighted by atomic mass is 16.3. The number of nitrogens with one attached hydrogen (secondary N) is 1. The Morgan fingerprint density at radius 1 is 1.50 bits per heavy atom. The third kappa shape index (κ3) is 3.64. The van der Waals surface area contributed by atoms with Crippen molar-refractivity contribution in [1.29, 1.82) is 0 Å². The second kappa shape index (κ2) is 4.84. The van der Waals surface area contributed by atoms with E-state index in [9.17, 15) is 4.79 Å². The van der Waals surface area contributed by atoms with Crippen LogP contribution in [0.5, 0.6) is 0 Å². The first-order chi connectivity index (χ1) is 6.58. The third-order valence-electron chi connectivity index (χ3n) is 1.84. The molecule has 0 radical (unpaired) electrons. The first kappa shape index (κ1) is 10.8. The van der Waals surface area contributed by atoms with Gasteiger partial charge in [-0.3, -0.25) is 4.79 Å². The highest BCUT2D eigenvalue weighted by Gasteiger charge is 2.05. The summed E-state index contributed by atoms with van der Waals surface area (Å²) < 4.78 is 5.36. The molecule has 0 aliphatic heterocycles. The summed E-state index contributed by atoms with van der Waals surface area (Å²) in [5.41, 5.74) is 0. The van der Waals surface area contributed by atoms with Gasteiger partial charge in [-0.25, -0.2) is 0 Å². The molecule has 0 atom stereocenters. The quantitative estimate of drug-likeness (QED) is 0.798. The minimum absolute atomic E-state index is 0.0778. The fourth-order valence-corrected chi connectivity index (χ4v) is 1.25. The number of carbonyl (C=O) groups excluding carboxylic acids is 1. The summed E-state index contributed by atoms with van der Waals surface area (Å²) in [5.74, 6) is 1.85. The second-order valence-electron chi connectivity index (χ2n) is 3.73. The molecule has 78 valence electrons. The Balaban J connectivity index is 2.30. The van der Waals surface area contributed by atoms with Crippen molar-refractivity contribution in [3.8, 4) is 0 Å². The zero-order valence-electron chi connectivity index (χ0n) is 8.96. The van der Waals surface area contributed by atoms with Crippen LogP contribution in [0.3, 0.4) is 0 Å². The SMILES string of the molecule is Cc1ccc(CCC(=O)NC(C)C)o1. The zero-order chi connectivity index (χ0) is 10.6. The lowest BCUT2D eigenvalue weighted by Gasteiger charge is -2.06. The van der Waals surface area contributed by atoms with Crippen LogP contribution in [0.2, 0.25) is 0 Å². The van der Waals surface area contributed by atoms with Crippen LogP contribution in [0.1, 0.15) is 31.8 Å². The van der Waals surface area contributed by atoms with Crippen LogP contribution in [-0.4, -0.2) is 11.9 Å². The zero-order valence-corrected chi connectivity index (χ0v) is 8.96. The molecule has 1 aromatic rings. The summed E-state index contributed by atoms with van der Waals surface area (Å²) >= 11 is 0. The van der Waals surface area contributed by atoms with Crippen molar-refractivity contribution in [1.82, 2.24) is 5.32 Å². The molecule has 0 fully saturated rings. The number of amides is 1. The molecule has 1 rings (SSSR count). The first-order valence-electron chi connectivity index (χ1n) is 4.92. The van der Waals surface area contributed by atoms with Gasteiger partial charge in [0.05, 0.1) is 0 Å². The van der Waals surface area contributed by atoms with Crippen LogP contribution in [0, 0.1) is 6.92 Å². The summed E-state index contributed by atoms with van der Waals surface area (Å²) in [4.78, 5) is 11.3. The van der Waals surface area contributed by atoms with E-state index in [4.69, 9.17) is 4.42 Å². The van der Waals surface area contributed by atoms with Gasteiger partial charge in [0.2, 0.25) is 5.91 Å². The molecule has 1 N–H and O–H groups in total. The van der Waals surface area contributed by atoms with Crippen molar-refractivity contribution in [3.05, 3.63) is 23.7 Å². The molecule has 0 aliphatic rings. The number of furan rings is 1. The molecule has 14 heavy (non-hydrogen) atoms. The number of hydrogen-bond acceptors (Lipinski definition) is 2. The van der Waals surface area contributed by atoms with Gasteiger partial charge in [0.15, 0.2) is 0 Å². The Bertz CT molecular complexity index is 302. The fraction of sp³-hybridized carbons (Fsp3) is 0.545. The molecule has 0 saturated heterocycles. The Morgan fingerprint density at radius 2 is 2.21 bits per heavy atom. The van der Waals surface area contributed by atoms with Crippen molar-refractivity contribution < 1.29 is 9.21 Å². The van der Waals surface area contributed by atoms with Crippen molar-refractivity contribution in [2.24, 2.45) is 0 Å². The summed E-state index contributed by atoms with van der Waals surface area (Å²) in [7, 11) is 0. The predicted molar refractivity (Wildman–Crippen MR) is 55.0 cm³/mol. The van der Waals surface area contributed by atoms with Crippen LogP contribution in [0.4, 0.5) is 0 Å². The largest absolute Gasteiger partial charge is 0.466 e. The van der Waals surface area contributed by atoms with E-state index in [0.29, 0.717) is 12.8 Å². The van der Waals surface area contributed by atoms with Crippen LogP contribution in [-0.2, 0) is 11.2 Å². The van der Waals surface area contributed by atoms with Gasteiger partial charge in [-0.1, -0.05) is 0 Å². The molecule has 0 spiro atoms. The number of rotatable bonds is 4. The van der Waals surface area contributed by atoms with Crippen molar-refractivity contribution in [3.63, 3.8) is 0 Å². The molecule has 3 nitrogen and oxygen atoms in total. The molecule has 1 amide bonds. The van der Waals surface area contributed by atoms with E-state index in [0.717, 1.165) is 11.5 Å². The van der Waals surface area contributed by atoms with Crippen molar-refractivity contribution in [2.45, 2.75) is 39.7 Å². The Morgan fingerprint density at radius 3 is 2.71 bits per heavy atom. The highest BCUT2D eigenvalue weighted by Crippen LogP contribution is 2.08. The van der Waals surface area contributed by atoms with Crippen LogP contribution in [0.25, 0.3) is 0 Å². The van der Waals surface area contributed by atoms with E-state index < -0.39 is 0 Å². The molecular weight excluding hydrogens is 178 g/mol. The van der Waals surface area contributed by atoms with E-state index in [1.807, 2.05) is 32.9 Å². The van der Waals surface area contributed by atoms with E-state index in [2.05, 4.69) is 5.32 Å². The second-order valence-corrected chi connectivity index (χ2v) is 3.73. The average molecular weight is 195 g/mol. The molecule has 3 heteroatoms. The van der Waals surface area contributed by atoms with E-state index in [-0.39, 0.29) is 11.9 Å². The summed E-state index contributed by atoms with van der Waals surface area (Å²) in [6.07, 6.45) is 1.16. The lowest BCUT2D eigenvalue weighted by atomic mass is 10.2. The molecular formula is C11H17NO2. The fourth-order valence-electron chi connectivity index (χ4n) is 1.25. The smallest absolute Gasteiger partial charge is 0.220 e. The standard InChI is InChI=1S/C11H17NO2/c1-8(2)12-11(13)7-6-10-5-4-9(3)14-10/h4-5,8H,6-7H2,1-3H3,(H,12,13). The monoisotopic (exact) mass is 195 g/mol. The Hall–Kier alpha value is -1.25. The minimum Gasteiger partial charge on any atom is -0.466 e. The predicted octanol–water partition coefficient (Wildman–Crippen LogP) is 2.05. The number of hydrogen-bond donors (Lipinski definition) is 1. The van der Waals surface area contributed by atoms with Crippen LogP contribution < -0.4 is 5.32 Å².